The number of aryl methyl sites for hydroxylation is 1. The van der Waals surface area contributed by atoms with Gasteiger partial charge in [-0.15, -0.1) is 0 Å². The van der Waals surface area contributed by atoms with Crippen LogP contribution in [-0.4, -0.2) is 22.0 Å². The number of rotatable bonds is 3. The summed E-state index contributed by atoms with van der Waals surface area (Å²) in [5.74, 6) is -0.567. The molecule has 0 spiro atoms. The highest BCUT2D eigenvalue weighted by atomic mass is 19.1. The molecule has 0 bridgehead atoms. The van der Waals surface area contributed by atoms with Crippen LogP contribution in [0, 0.1) is 5.82 Å². The fourth-order valence-electron chi connectivity index (χ4n) is 3.42. The molecule has 4 rings (SSSR count). The van der Waals surface area contributed by atoms with Crippen molar-refractivity contribution in [2.75, 3.05) is 11.4 Å². The monoisotopic (exact) mass is 353 g/mol. The summed E-state index contributed by atoms with van der Waals surface area (Å²) in [6.45, 7) is 0.634. The zero-order valence-electron chi connectivity index (χ0n) is 13.9. The lowest BCUT2D eigenvalue weighted by Gasteiger charge is -2.18. The van der Waals surface area contributed by atoms with E-state index in [9.17, 15) is 18.8 Å². The van der Waals surface area contributed by atoms with Gasteiger partial charge >= 0.3 is 5.69 Å². The van der Waals surface area contributed by atoms with Gasteiger partial charge in [0.15, 0.2) is 0 Å². The van der Waals surface area contributed by atoms with Crippen molar-refractivity contribution < 1.29 is 9.18 Å². The Morgan fingerprint density at radius 3 is 2.81 bits per heavy atom. The lowest BCUT2D eigenvalue weighted by molar-refractivity contribution is -0.118. The van der Waals surface area contributed by atoms with E-state index in [-0.39, 0.29) is 24.7 Å². The van der Waals surface area contributed by atoms with Crippen LogP contribution in [0.25, 0.3) is 10.9 Å². The molecule has 2 heterocycles. The molecule has 1 N–H and O–H groups in total. The van der Waals surface area contributed by atoms with E-state index in [0.717, 1.165) is 5.56 Å². The van der Waals surface area contributed by atoms with Gasteiger partial charge in [-0.25, -0.2) is 9.18 Å². The molecule has 0 unspecified atom stereocenters. The van der Waals surface area contributed by atoms with Crippen LogP contribution in [0.3, 0.4) is 0 Å². The third-order valence-corrected chi connectivity index (χ3v) is 4.70. The van der Waals surface area contributed by atoms with Crippen molar-refractivity contribution in [1.29, 1.82) is 0 Å². The van der Waals surface area contributed by atoms with E-state index in [1.807, 2.05) is 0 Å². The predicted octanol–water partition coefficient (Wildman–Crippen LogP) is 1.81. The highest BCUT2D eigenvalue weighted by Gasteiger charge is 2.25. The van der Waals surface area contributed by atoms with Gasteiger partial charge in [0.25, 0.3) is 5.56 Å². The average Bonchev–Trinajstić information content (AvgIpc) is 3.04. The third kappa shape index (κ3) is 2.71. The quantitative estimate of drug-likeness (QED) is 0.780. The zero-order valence-corrected chi connectivity index (χ0v) is 13.9. The number of carbonyl (C=O) groups is 1. The van der Waals surface area contributed by atoms with Crippen LogP contribution in [0.15, 0.2) is 52.1 Å². The highest BCUT2D eigenvalue weighted by molar-refractivity contribution is 5.95. The predicted molar refractivity (Wildman–Crippen MR) is 95.9 cm³/mol. The first-order valence-electron chi connectivity index (χ1n) is 8.35. The van der Waals surface area contributed by atoms with E-state index in [1.165, 1.54) is 16.7 Å². The summed E-state index contributed by atoms with van der Waals surface area (Å²) in [5, 5.41) is 0.396. The minimum atomic E-state index is -0.547. The largest absolute Gasteiger partial charge is 0.328 e. The minimum absolute atomic E-state index is 0.0753. The number of H-pyrrole nitrogens is 1. The molecule has 0 saturated carbocycles. The van der Waals surface area contributed by atoms with Crippen molar-refractivity contribution in [1.82, 2.24) is 9.55 Å². The minimum Gasteiger partial charge on any atom is -0.312 e. The molecule has 2 aromatic carbocycles. The van der Waals surface area contributed by atoms with Crippen LogP contribution in [0.1, 0.15) is 12.0 Å². The molecular weight excluding hydrogens is 337 g/mol. The number of nitrogens with one attached hydrogen (secondary N) is 1. The van der Waals surface area contributed by atoms with Crippen LogP contribution in [0.4, 0.5) is 10.1 Å². The molecule has 0 atom stereocenters. The number of hydrogen-bond acceptors (Lipinski definition) is 3. The first-order chi connectivity index (χ1) is 12.5. The third-order valence-electron chi connectivity index (χ3n) is 4.70. The van der Waals surface area contributed by atoms with E-state index in [4.69, 9.17) is 0 Å². The Labute approximate surface area is 147 Å². The average molecular weight is 353 g/mol. The van der Waals surface area contributed by atoms with Crippen LogP contribution in [0.5, 0.6) is 0 Å². The fraction of sp³-hybridized carbons (Fsp3) is 0.211. The summed E-state index contributed by atoms with van der Waals surface area (Å²) in [6.07, 6.45) is 0.759. The summed E-state index contributed by atoms with van der Waals surface area (Å²) in [5.41, 5.74) is 1.02. The van der Waals surface area contributed by atoms with E-state index < -0.39 is 11.2 Å². The number of anilines is 1. The van der Waals surface area contributed by atoms with E-state index in [0.29, 0.717) is 29.6 Å². The van der Waals surface area contributed by atoms with Gasteiger partial charge in [-0.3, -0.25) is 19.1 Å². The van der Waals surface area contributed by atoms with Gasteiger partial charge in [-0.1, -0.05) is 18.2 Å². The topological polar surface area (TPSA) is 75.2 Å². The number of amides is 1. The highest BCUT2D eigenvalue weighted by Crippen LogP contribution is 2.29. The van der Waals surface area contributed by atoms with Crippen molar-refractivity contribution in [2.45, 2.75) is 19.4 Å². The van der Waals surface area contributed by atoms with Crippen LogP contribution in [0.2, 0.25) is 0 Å². The maximum absolute atomic E-state index is 13.5. The maximum Gasteiger partial charge on any atom is 0.328 e. The SMILES string of the molecule is O=C(CCn1c(=O)[nH]c(=O)c2ccccc21)N1CCc2ccc(F)cc21. The number of hydrogen-bond donors (Lipinski definition) is 1. The van der Waals surface area contributed by atoms with Gasteiger partial charge < -0.3 is 4.90 Å². The summed E-state index contributed by atoms with van der Waals surface area (Å²) in [6, 6.07) is 11.2. The summed E-state index contributed by atoms with van der Waals surface area (Å²) in [7, 11) is 0. The first kappa shape index (κ1) is 16.3. The van der Waals surface area contributed by atoms with Gasteiger partial charge in [-0.05, 0) is 36.2 Å². The Morgan fingerprint density at radius 1 is 1.15 bits per heavy atom. The number of halogens is 1. The Morgan fingerprint density at radius 2 is 1.96 bits per heavy atom. The maximum atomic E-state index is 13.5. The van der Waals surface area contributed by atoms with Crippen LogP contribution < -0.4 is 16.1 Å². The second-order valence-corrected chi connectivity index (χ2v) is 6.25. The molecule has 1 aromatic heterocycles. The van der Waals surface area contributed by atoms with Gasteiger partial charge in [0.1, 0.15) is 5.82 Å². The number of nitrogens with zero attached hydrogens (tertiary/aromatic N) is 2. The van der Waals surface area contributed by atoms with Crippen molar-refractivity contribution in [3.63, 3.8) is 0 Å². The molecule has 1 amide bonds. The second-order valence-electron chi connectivity index (χ2n) is 6.25. The molecule has 132 valence electrons. The first-order valence-corrected chi connectivity index (χ1v) is 8.35. The number of para-hydroxylation sites is 1. The molecule has 0 saturated heterocycles. The van der Waals surface area contributed by atoms with Crippen LogP contribution >= 0.6 is 0 Å². The van der Waals surface area contributed by atoms with Gasteiger partial charge in [0.05, 0.1) is 10.9 Å². The summed E-state index contributed by atoms with van der Waals surface area (Å²) >= 11 is 0. The molecule has 7 heteroatoms. The smallest absolute Gasteiger partial charge is 0.312 e. The van der Waals surface area contributed by atoms with Crippen molar-refractivity contribution >= 4 is 22.5 Å². The summed E-state index contributed by atoms with van der Waals surface area (Å²) in [4.78, 5) is 40.5. The number of aromatic nitrogens is 2. The Bertz CT molecular complexity index is 1130. The molecular formula is C19H16FN3O3. The normalized spacial score (nSPS) is 13.2. The number of aromatic amines is 1. The number of fused-ring (bicyclic) bond motifs is 2. The fourth-order valence-corrected chi connectivity index (χ4v) is 3.42. The molecule has 0 fully saturated rings. The van der Waals surface area contributed by atoms with Crippen molar-refractivity contribution in [3.8, 4) is 0 Å². The lowest BCUT2D eigenvalue weighted by atomic mass is 10.1. The molecule has 0 radical (unpaired) electrons. The number of carbonyl (C=O) groups excluding carboxylic acids is 1. The Kier molecular flexibility index (Phi) is 3.91. The zero-order chi connectivity index (χ0) is 18.3. The van der Waals surface area contributed by atoms with Crippen molar-refractivity contribution in [2.24, 2.45) is 0 Å². The standard InChI is InChI=1S/C19H16FN3O3/c20-13-6-5-12-7-9-22(16(12)11-13)17(24)8-10-23-15-4-2-1-3-14(15)18(25)21-19(23)26/h1-6,11H,7-10H2,(H,21,25,26). The van der Waals surface area contributed by atoms with Gasteiger partial charge in [0, 0.05) is 25.2 Å². The molecule has 1 aliphatic rings. The molecule has 0 aliphatic carbocycles. The van der Waals surface area contributed by atoms with Crippen LogP contribution in [-0.2, 0) is 17.8 Å². The lowest BCUT2D eigenvalue weighted by Crippen LogP contribution is -2.34. The van der Waals surface area contributed by atoms with Gasteiger partial charge in [0.2, 0.25) is 5.91 Å². The van der Waals surface area contributed by atoms with E-state index in [2.05, 4.69) is 4.98 Å². The Hall–Kier alpha value is -3.22. The second kappa shape index (κ2) is 6.25. The van der Waals surface area contributed by atoms with E-state index in [1.54, 1.807) is 35.2 Å². The van der Waals surface area contributed by atoms with Crippen molar-refractivity contribution in [3.05, 3.63) is 74.7 Å². The molecule has 1 aliphatic heterocycles. The van der Waals surface area contributed by atoms with E-state index >= 15 is 0 Å². The Balaban J connectivity index is 1.61. The summed E-state index contributed by atoms with van der Waals surface area (Å²) < 4.78 is 14.9. The van der Waals surface area contributed by atoms with Gasteiger partial charge in [-0.2, -0.15) is 0 Å². The molecule has 6 nitrogen and oxygen atoms in total. The number of benzene rings is 2. The molecule has 26 heavy (non-hydrogen) atoms. The molecule has 3 aromatic rings.